The Balaban J connectivity index is 0.00000480. The van der Waals surface area contributed by atoms with Crippen LogP contribution in [-0.2, 0) is 16.5 Å². The van der Waals surface area contributed by atoms with Gasteiger partial charge in [-0.3, -0.25) is 4.55 Å². The molecule has 5 nitrogen and oxygen atoms in total. The van der Waals surface area contributed by atoms with E-state index in [1.807, 2.05) is 18.2 Å². The van der Waals surface area contributed by atoms with E-state index >= 15 is 0 Å². The minimum atomic E-state index is -4.48. The van der Waals surface area contributed by atoms with Crippen molar-refractivity contribution in [2.45, 2.75) is 82.4 Å². The molecule has 7 heteroatoms. The Bertz CT molecular complexity index is 883. The van der Waals surface area contributed by atoms with Gasteiger partial charge in [0.15, 0.2) is 0 Å². The molecule has 1 N–H and O–H groups in total. The van der Waals surface area contributed by atoms with E-state index in [2.05, 4.69) is 6.92 Å². The molecular formula is C24H33NaO5S. The van der Waals surface area contributed by atoms with E-state index in [0.717, 1.165) is 36.6 Å². The van der Waals surface area contributed by atoms with Crippen LogP contribution in [0.5, 0.6) is 17.2 Å². The fourth-order valence-electron chi connectivity index (χ4n) is 3.49. The molecule has 0 bridgehead atoms. The van der Waals surface area contributed by atoms with Gasteiger partial charge in [0.2, 0.25) is 0 Å². The SMILES string of the molecule is CCCCCCCCCCCCc1cccc(Oc2cc([O-])ccc2S(=O)(=O)O)c1.[Na+]. The third-order valence-electron chi connectivity index (χ3n) is 5.14. The molecule has 0 saturated carbocycles. The number of ether oxygens (including phenoxy) is 1. The standard InChI is InChI=1S/C24H34O5S.Na/c1-2-3-4-5-6-7-8-9-10-11-13-20-14-12-15-22(18-20)29-23-19-21(25)16-17-24(23)30(26,27)28;/h12,14-19,25H,2-11,13H2,1H3,(H,26,27,28);/q;+1/p-1. The monoisotopic (exact) mass is 456 g/mol. The Morgan fingerprint density at radius 2 is 1.48 bits per heavy atom. The van der Waals surface area contributed by atoms with Gasteiger partial charge in [-0.15, -0.1) is 5.75 Å². The van der Waals surface area contributed by atoms with E-state index in [1.165, 1.54) is 57.8 Å². The average Bonchev–Trinajstić information content (AvgIpc) is 2.69. The van der Waals surface area contributed by atoms with Gasteiger partial charge in [-0.2, -0.15) is 8.42 Å². The predicted octanol–water partition coefficient (Wildman–Crippen LogP) is 3.27. The summed E-state index contributed by atoms with van der Waals surface area (Å²) in [6.07, 6.45) is 13.8. The molecule has 0 fully saturated rings. The van der Waals surface area contributed by atoms with Gasteiger partial charge in [-0.25, -0.2) is 0 Å². The van der Waals surface area contributed by atoms with Crippen molar-refractivity contribution >= 4 is 10.1 Å². The van der Waals surface area contributed by atoms with Crippen molar-refractivity contribution in [1.29, 1.82) is 0 Å². The molecule has 0 atom stereocenters. The molecule has 31 heavy (non-hydrogen) atoms. The van der Waals surface area contributed by atoms with E-state index in [4.69, 9.17) is 4.74 Å². The fraction of sp³-hybridized carbons (Fsp3) is 0.500. The van der Waals surface area contributed by atoms with Gasteiger partial charge in [-0.1, -0.05) is 82.9 Å². The van der Waals surface area contributed by atoms with E-state index in [0.29, 0.717) is 5.75 Å². The van der Waals surface area contributed by atoms with Crippen LogP contribution in [0.15, 0.2) is 47.4 Å². The van der Waals surface area contributed by atoms with Crippen LogP contribution in [0.2, 0.25) is 0 Å². The number of unbranched alkanes of at least 4 members (excludes halogenated alkanes) is 9. The topological polar surface area (TPSA) is 86.7 Å². The fourth-order valence-corrected chi connectivity index (χ4v) is 4.08. The van der Waals surface area contributed by atoms with Gasteiger partial charge in [-0.05, 0) is 42.7 Å². The molecule has 166 valence electrons. The Kier molecular flexibility index (Phi) is 13.5. The van der Waals surface area contributed by atoms with Crippen LogP contribution in [0, 0.1) is 0 Å². The first-order chi connectivity index (χ1) is 14.4. The first-order valence-corrected chi connectivity index (χ1v) is 12.4. The first-order valence-electron chi connectivity index (χ1n) is 11.0. The summed E-state index contributed by atoms with van der Waals surface area (Å²) in [5.41, 5.74) is 1.10. The van der Waals surface area contributed by atoms with E-state index in [1.54, 1.807) is 6.07 Å². The summed E-state index contributed by atoms with van der Waals surface area (Å²) in [6, 6.07) is 10.6. The number of benzene rings is 2. The molecule has 0 spiro atoms. The summed E-state index contributed by atoms with van der Waals surface area (Å²) >= 11 is 0. The second-order valence-corrected chi connectivity index (χ2v) is 9.16. The smallest absolute Gasteiger partial charge is 0.872 e. The summed E-state index contributed by atoms with van der Waals surface area (Å²) in [6.45, 7) is 2.24. The second-order valence-electron chi connectivity index (χ2n) is 7.77. The van der Waals surface area contributed by atoms with Gasteiger partial charge in [0.1, 0.15) is 16.4 Å². The van der Waals surface area contributed by atoms with Crippen LogP contribution >= 0.6 is 0 Å². The van der Waals surface area contributed by atoms with Crippen molar-refractivity contribution in [1.82, 2.24) is 0 Å². The summed E-state index contributed by atoms with van der Waals surface area (Å²) in [7, 11) is -4.48. The number of aryl methyl sites for hydroxylation is 1. The molecule has 0 aliphatic rings. The molecule has 0 aromatic heterocycles. The summed E-state index contributed by atoms with van der Waals surface area (Å²) < 4.78 is 38.0. The number of hydrogen-bond donors (Lipinski definition) is 1. The maximum absolute atomic E-state index is 11.6. The zero-order chi connectivity index (χ0) is 21.8. The third-order valence-corrected chi connectivity index (χ3v) is 6.03. The summed E-state index contributed by atoms with van der Waals surface area (Å²) in [5.74, 6) is -0.116. The van der Waals surface area contributed by atoms with Crippen LogP contribution in [-0.4, -0.2) is 13.0 Å². The predicted molar refractivity (Wildman–Crippen MR) is 118 cm³/mol. The van der Waals surface area contributed by atoms with Crippen molar-refractivity contribution < 1.29 is 52.4 Å². The largest absolute Gasteiger partial charge is 1.00 e. The molecule has 0 amide bonds. The molecule has 2 aromatic rings. The molecule has 0 aliphatic carbocycles. The minimum Gasteiger partial charge on any atom is -0.872 e. The van der Waals surface area contributed by atoms with E-state index in [9.17, 15) is 18.1 Å². The van der Waals surface area contributed by atoms with Crippen LogP contribution in [0.4, 0.5) is 0 Å². The summed E-state index contributed by atoms with van der Waals surface area (Å²) in [4.78, 5) is -0.415. The maximum atomic E-state index is 11.6. The molecule has 0 saturated heterocycles. The molecule has 0 aliphatic heterocycles. The maximum Gasteiger partial charge on any atom is 1.00 e. The molecule has 2 aromatic carbocycles. The molecule has 0 unspecified atom stereocenters. The average molecular weight is 457 g/mol. The Hall–Kier alpha value is -1.05. The molecular weight excluding hydrogens is 423 g/mol. The molecule has 0 heterocycles. The second kappa shape index (κ2) is 14.9. The van der Waals surface area contributed by atoms with Gasteiger partial charge < -0.3 is 9.84 Å². The Labute approximate surface area is 209 Å². The van der Waals surface area contributed by atoms with Crippen molar-refractivity contribution in [3.8, 4) is 17.2 Å². The third kappa shape index (κ3) is 10.9. The quantitative estimate of drug-likeness (QED) is 0.268. The molecule has 0 radical (unpaired) electrons. The zero-order valence-corrected chi connectivity index (χ0v) is 21.6. The Morgan fingerprint density at radius 3 is 2.10 bits per heavy atom. The molecule has 2 rings (SSSR count). The van der Waals surface area contributed by atoms with Gasteiger partial charge in [0, 0.05) is 0 Å². The van der Waals surface area contributed by atoms with Gasteiger partial charge in [0.25, 0.3) is 10.1 Å². The van der Waals surface area contributed by atoms with Crippen LogP contribution in [0.25, 0.3) is 0 Å². The van der Waals surface area contributed by atoms with E-state index < -0.39 is 15.0 Å². The normalized spacial score (nSPS) is 11.2. The number of rotatable bonds is 14. The van der Waals surface area contributed by atoms with Gasteiger partial charge in [0.05, 0.1) is 0 Å². The van der Waals surface area contributed by atoms with Gasteiger partial charge >= 0.3 is 29.6 Å². The van der Waals surface area contributed by atoms with Crippen molar-refractivity contribution in [3.05, 3.63) is 48.0 Å². The summed E-state index contributed by atoms with van der Waals surface area (Å²) in [5, 5.41) is 11.6. The van der Waals surface area contributed by atoms with Crippen LogP contribution < -0.4 is 39.4 Å². The minimum absolute atomic E-state index is 0. The zero-order valence-electron chi connectivity index (χ0n) is 18.8. The van der Waals surface area contributed by atoms with Crippen LogP contribution in [0.3, 0.4) is 0 Å². The van der Waals surface area contributed by atoms with Crippen molar-refractivity contribution in [2.75, 3.05) is 0 Å². The first kappa shape index (κ1) is 28.0. The van der Waals surface area contributed by atoms with Crippen LogP contribution in [0.1, 0.15) is 76.7 Å². The van der Waals surface area contributed by atoms with E-state index in [-0.39, 0.29) is 41.1 Å². The van der Waals surface area contributed by atoms with Crippen molar-refractivity contribution in [2.24, 2.45) is 0 Å². The Morgan fingerprint density at radius 1 is 0.871 bits per heavy atom. The number of hydrogen-bond acceptors (Lipinski definition) is 4. The van der Waals surface area contributed by atoms with Crippen molar-refractivity contribution in [3.63, 3.8) is 0 Å².